The number of nitriles is 1. The molecule has 0 aliphatic rings. The molecule has 2 aromatic carbocycles. The number of rotatable bonds is 6. The van der Waals surface area contributed by atoms with Crippen molar-refractivity contribution in [2.24, 2.45) is 0 Å². The van der Waals surface area contributed by atoms with Gasteiger partial charge >= 0.3 is 5.97 Å². The molecule has 0 spiro atoms. The van der Waals surface area contributed by atoms with Crippen LogP contribution in [0.2, 0.25) is 0 Å². The maximum atomic E-state index is 13.3. The van der Waals surface area contributed by atoms with Crippen molar-refractivity contribution in [2.45, 2.75) is 20.4 Å². The molecule has 0 bridgehead atoms. The number of carbonyl (C=O) groups excluding carboxylic acids is 2. The maximum absolute atomic E-state index is 13.3. The topological polar surface area (TPSA) is 84.1 Å². The molecule has 1 N–H and O–H groups in total. The van der Waals surface area contributed by atoms with Crippen LogP contribution >= 0.6 is 0 Å². The van der Waals surface area contributed by atoms with E-state index in [1.807, 2.05) is 6.07 Å². The minimum Gasteiger partial charge on any atom is -0.452 e. The van der Waals surface area contributed by atoms with Crippen molar-refractivity contribution in [2.75, 3.05) is 11.9 Å². The smallest absolute Gasteiger partial charge is 0.338 e. The van der Waals surface area contributed by atoms with Gasteiger partial charge in [-0.1, -0.05) is 12.1 Å². The van der Waals surface area contributed by atoms with Gasteiger partial charge in [0, 0.05) is 12.2 Å². The van der Waals surface area contributed by atoms with Crippen LogP contribution < -0.4 is 5.32 Å². The predicted octanol–water partition coefficient (Wildman–Crippen LogP) is 4.24. The monoisotopic (exact) mass is 441 g/mol. The van der Waals surface area contributed by atoms with E-state index in [1.165, 1.54) is 12.1 Å². The lowest BCUT2D eigenvalue weighted by Crippen LogP contribution is -2.23. The van der Waals surface area contributed by atoms with E-state index in [2.05, 4.69) is 5.32 Å². The van der Waals surface area contributed by atoms with Crippen LogP contribution in [0.1, 0.15) is 32.7 Å². The van der Waals surface area contributed by atoms with Crippen LogP contribution in [0.3, 0.4) is 0 Å². The first kappa shape index (κ1) is 22.6. The summed E-state index contributed by atoms with van der Waals surface area (Å²) in [6.07, 6.45) is 0. The first-order valence-electron chi connectivity index (χ1n) is 9.47. The zero-order chi connectivity index (χ0) is 23.4. The molecule has 3 rings (SSSR count). The number of aromatic nitrogens is 1. The van der Waals surface area contributed by atoms with Crippen LogP contribution in [0.4, 0.5) is 19.0 Å². The number of amides is 1. The number of nitrogens with one attached hydrogen (secondary N) is 1. The highest BCUT2D eigenvalue weighted by Crippen LogP contribution is 2.27. The standard InChI is InChI=1S/C23H18F3N3O3/c1-13-14(2)29(11-15-3-6-17(24)7-4-15)22(18(13)10-27)28-21(30)12-32-23(31)16-5-8-19(25)20(26)9-16/h3-9H,11-12H2,1-2H3,(H,28,30). The maximum Gasteiger partial charge on any atom is 0.338 e. The quantitative estimate of drug-likeness (QED) is 0.580. The lowest BCUT2D eigenvalue weighted by molar-refractivity contribution is -0.119. The molecule has 0 radical (unpaired) electrons. The molecule has 0 fully saturated rings. The van der Waals surface area contributed by atoms with Crippen molar-refractivity contribution in [3.63, 3.8) is 0 Å². The Bertz CT molecular complexity index is 1230. The third-order valence-electron chi connectivity index (χ3n) is 4.94. The van der Waals surface area contributed by atoms with Gasteiger partial charge in [-0.3, -0.25) is 4.79 Å². The van der Waals surface area contributed by atoms with Crippen LogP contribution in [0.5, 0.6) is 0 Å². The van der Waals surface area contributed by atoms with E-state index >= 15 is 0 Å². The summed E-state index contributed by atoms with van der Waals surface area (Å²) in [5.41, 5.74) is 2.11. The van der Waals surface area contributed by atoms with E-state index in [0.29, 0.717) is 11.6 Å². The second-order valence-electron chi connectivity index (χ2n) is 7.01. The van der Waals surface area contributed by atoms with Crippen molar-refractivity contribution in [3.8, 4) is 6.07 Å². The van der Waals surface area contributed by atoms with Gasteiger partial charge in [0.1, 0.15) is 17.7 Å². The van der Waals surface area contributed by atoms with E-state index < -0.39 is 30.1 Å². The van der Waals surface area contributed by atoms with Gasteiger partial charge in [-0.2, -0.15) is 5.26 Å². The van der Waals surface area contributed by atoms with Crippen molar-refractivity contribution in [3.05, 3.63) is 87.9 Å². The highest BCUT2D eigenvalue weighted by atomic mass is 19.2. The molecule has 0 saturated carbocycles. The third-order valence-corrected chi connectivity index (χ3v) is 4.94. The zero-order valence-corrected chi connectivity index (χ0v) is 17.2. The van der Waals surface area contributed by atoms with Crippen molar-refractivity contribution >= 4 is 17.7 Å². The second-order valence-corrected chi connectivity index (χ2v) is 7.01. The zero-order valence-electron chi connectivity index (χ0n) is 17.2. The van der Waals surface area contributed by atoms with Gasteiger partial charge in [-0.25, -0.2) is 18.0 Å². The molecule has 1 aromatic heterocycles. The number of ether oxygens (including phenoxy) is 1. The summed E-state index contributed by atoms with van der Waals surface area (Å²) in [6, 6.07) is 10.3. The van der Waals surface area contributed by atoms with Crippen LogP contribution in [-0.4, -0.2) is 23.1 Å². The molecule has 1 heterocycles. The molecule has 3 aromatic rings. The molecule has 6 nitrogen and oxygen atoms in total. The number of esters is 1. The fraction of sp³-hybridized carbons (Fsp3) is 0.174. The van der Waals surface area contributed by atoms with Crippen LogP contribution in [0, 0.1) is 42.6 Å². The van der Waals surface area contributed by atoms with E-state index in [-0.39, 0.29) is 29.3 Å². The molecule has 0 atom stereocenters. The number of hydrogen-bond acceptors (Lipinski definition) is 4. The molecular weight excluding hydrogens is 423 g/mol. The lowest BCUT2D eigenvalue weighted by Gasteiger charge is -2.13. The Hall–Kier alpha value is -4.06. The summed E-state index contributed by atoms with van der Waals surface area (Å²) in [5.74, 6) is -4.24. The summed E-state index contributed by atoms with van der Waals surface area (Å²) in [7, 11) is 0. The number of nitrogens with zero attached hydrogens (tertiary/aromatic N) is 2. The largest absolute Gasteiger partial charge is 0.452 e. The van der Waals surface area contributed by atoms with E-state index in [0.717, 1.165) is 23.4 Å². The molecule has 0 aliphatic heterocycles. The summed E-state index contributed by atoms with van der Waals surface area (Å²) in [5, 5.41) is 12.1. The molecule has 0 saturated heterocycles. The normalized spacial score (nSPS) is 10.5. The van der Waals surface area contributed by atoms with Gasteiger partial charge in [0.05, 0.1) is 11.1 Å². The highest BCUT2D eigenvalue weighted by molar-refractivity contribution is 5.96. The average molecular weight is 441 g/mol. The first-order valence-corrected chi connectivity index (χ1v) is 9.47. The molecular formula is C23H18F3N3O3. The van der Waals surface area contributed by atoms with Gasteiger partial charge in [0.15, 0.2) is 18.2 Å². The number of anilines is 1. The van der Waals surface area contributed by atoms with E-state index in [1.54, 1.807) is 30.5 Å². The Labute approximate surface area is 181 Å². The summed E-state index contributed by atoms with van der Waals surface area (Å²) >= 11 is 0. The second kappa shape index (κ2) is 9.39. The number of benzene rings is 2. The van der Waals surface area contributed by atoms with Crippen LogP contribution in [0.25, 0.3) is 0 Å². The summed E-state index contributed by atoms with van der Waals surface area (Å²) < 4.78 is 46.0. The Morgan fingerprint density at radius 2 is 1.75 bits per heavy atom. The summed E-state index contributed by atoms with van der Waals surface area (Å²) in [6.45, 7) is 3.06. The van der Waals surface area contributed by atoms with Gasteiger partial charge in [-0.15, -0.1) is 0 Å². The highest BCUT2D eigenvalue weighted by Gasteiger charge is 2.21. The minimum absolute atomic E-state index is 0.209. The SMILES string of the molecule is Cc1c(C#N)c(NC(=O)COC(=O)c2ccc(F)c(F)c2)n(Cc2ccc(F)cc2)c1C. The molecule has 1 amide bonds. The molecule has 164 valence electrons. The Morgan fingerprint density at radius 3 is 2.38 bits per heavy atom. The van der Waals surface area contributed by atoms with Crippen molar-refractivity contribution in [1.29, 1.82) is 5.26 Å². The fourth-order valence-corrected chi connectivity index (χ4v) is 3.11. The van der Waals surface area contributed by atoms with Gasteiger partial charge in [0.2, 0.25) is 0 Å². The molecule has 9 heteroatoms. The fourth-order valence-electron chi connectivity index (χ4n) is 3.11. The van der Waals surface area contributed by atoms with Gasteiger partial charge in [0.25, 0.3) is 5.91 Å². The predicted molar refractivity (Wildman–Crippen MR) is 109 cm³/mol. The van der Waals surface area contributed by atoms with Crippen molar-refractivity contribution in [1.82, 2.24) is 4.57 Å². The molecule has 0 unspecified atom stereocenters. The Morgan fingerprint density at radius 1 is 1.06 bits per heavy atom. The number of carbonyl (C=O) groups is 2. The average Bonchev–Trinajstić information content (AvgIpc) is 2.99. The number of hydrogen-bond donors (Lipinski definition) is 1. The Kier molecular flexibility index (Phi) is 6.64. The Balaban J connectivity index is 1.76. The minimum atomic E-state index is -1.22. The van der Waals surface area contributed by atoms with E-state index in [4.69, 9.17) is 4.74 Å². The van der Waals surface area contributed by atoms with Crippen LogP contribution in [0.15, 0.2) is 42.5 Å². The number of halogens is 3. The molecule has 0 aliphatic carbocycles. The molecule has 32 heavy (non-hydrogen) atoms. The first-order chi connectivity index (χ1) is 15.2. The van der Waals surface area contributed by atoms with Gasteiger partial charge in [-0.05, 0) is 55.3 Å². The summed E-state index contributed by atoms with van der Waals surface area (Å²) in [4.78, 5) is 24.4. The van der Waals surface area contributed by atoms with Gasteiger partial charge < -0.3 is 14.6 Å². The van der Waals surface area contributed by atoms with Crippen molar-refractivity contribution < 1.29 is 27.5 Å². The third kappa shape index (κ3) is 4.81. The lowest BCUT2D eigenvalue weighted by atomic mass is 10.2. The van der Waals surface area contributed by atoms with E-state index in [9.17, 15) is 28.0 Å². The van der Waals surface area contributed by atoms with Crippen LogP contribution in [-0.2, 0) is 16.1 Å².